The van der Waals surface area contributed by atoms with Crippen LogP contribution in [-0.4, -0.2) is 92.6 Å². The van der Waals surface area contributed by atoms with Crippen molar-refractivity contribution in [3.63, 3.8) is 0 Å². The predicted molar refractivity (Wildman–Crippen MR) is 146 cm³/mol. The predicted octanol–water partition coefficient (Wildman–Crippen LogP) is 4.56. The summed E-state index contributed by atoms with van der Waals surface area (Å²) in [5, 5.41) is 4.40. The number of aromatic nitrogens is 3. The summed E-state index contributed by atoms with van der Waals surface area (Å²) < 4.78 is 76.5. The van der Waals surface area contributed by atoms with Gasteiger partial charge >= 0.3 is 12.5 Å². The number of rotatable bonds is 11. The molecule has 2 heterocycles. The molecule has 0 bridgehead atoms. The van der Waals surface area contributed by atoms with E-state index in [0.29, 0.717) is 29.4 Å². The smallest absolute Gasteiger partial charge is 0.416 e. The zero-order chi connectivity index (χ0) is 31.1. The van der Waals surface area contributed by atoms with Gasteiger partial charge in [0.05, 0.1) is 11.8 Å². The lowest BCUT2D eigenvalue weighted by Crippen LogP contribution is -2.60. The van der Waals surface area contributed by atoms with E-state index in [0.717, 1.165) is 0 Å². The topological polar surface area (TPSA) is 116 Å². The van der Waals surface area contributed by atoms with Crippen LogP contribution in [0.15, 0.2) is 54.9 Å². The number of hydrogen-bond acceptors (Lipinski definition) is 10. The fourth-order valence-electron chi connectivity index (χ4n) is 4.66. The van der Waals surface area contributed by atoms with Gasteiger partial charge in [0.1, 0.15) is 37.1 Å². The number of methoxy groups -OCH3 is 3. The second-order valence-electron chi connectivity index (χ2n) is 9.36. The maximum atomic E-state index is 13.3. The third-order valence-corrected chi connectivity index (χ3v) is 6.59. The molecule has 4 rings (SSSR count). The van der Waals surface area contributed by atoms with E-state index >= 15 is 0 Å². The molecule has 5 atom stereocenters. The Labute approximate surface area is 246 Å². The van der Waals surface area contributed by atoms with Gasteiger partial charge in [-0.2, -0.15) is 0 Å². The van der Waals surface area contributed by atoms with Crippen molar-refractivity contribution in [3.8, 4) is 22.8 Å². The van der Waals surface area contributed by atoms with Crippen molar-refractivity contribution in [3.05, 3.63) is 54.9 Å². The Morgan fingerprint density at radius 1 is 1.00 bits per heavy atom. The Kier molecular flexibility index (Phi) is 10.6. The molecule has 0 spiro atoms. The van der Waals surface area contributed by atoms with Crippen LogP contribution in [0.25, 0.3) is 17.1 Å². The molecule has 15 heteroatoms. The average Bonchev–Trinajstić information content (AvgIpc) is 3.46. The van der Waals surface area contributed by atoms with Crippen molar-refractivity contribution in [1.82, 2.24) is 14.8 Å². The average molecular weight is 611 g/mol. The molecule has 1 aliphatic heterocycles. The van der Waals surface area contributed by atoms with Gasteiger partial charge in [0.15, 0.2) is 5.82 Å². The summed E-state index contributed by atoms with van der Waals surface area (Å²) in [5.74, 6) is 0.00660. The van der Waals surface area contributed by atoms with Gasteiger partial charge in [0.2, 0.25) is 6.29 Å². The van der Waals surface area contributed by atoms with E-state index in [1.807, 2.05) is 6.92 Å². The highest BCUT2D eigenvalue weighted by Crippen LogP contribution is 2.30. The molecule has 0 saturated carbocycles. The van der Waals surface area contributed by atoms with Crippen molar-refractivity contribution < 1.29 is 51.1 Å². The maximum Gasteiger partial charge on any atom is 0.573 e. The van der Waals surface area contributed by atoms with Gasteiger partial charge < -0.3 is 33.2 Å². The lowest BCUT2D eigenvalue weighted by molar-refractivity contribution is -0.292. The highest BCUT2D eigenvalue weighted by Gasteiger charge is 2.48. The largest absolute Gasteiger partial charge is 0.573 e. The molecule has 1 amide bonds. The normalized spacial score (nSPS) is 22.3. The molecule has 0 N–H and O–H groups in total. The molecule has 3 aromatic rings. The van der Waals surface area contributed by atoms with Crippen LogP contribution in [0.1, 0.15) is 13.8 Å². The quantitative estimate of drug-likeness (QED) is 0.286. The van der Waals surface area contributed by atoms with Crippen molar-refractivity contribution in [1.29, 1.82) is 0 Å². The minimum atomic E-state index is -4.78. The first-order valence-corrected chi connectivity index (χ1v) is 13.3. The number of anilines is 1. The number of carbonyl (C=O) groups excluding carboxylic acids is 1. The number of amides is 1. The van der Waals surface area contributed by atoms with Crippen molar-refractivity contribution in [2.75, 3.05) is 39.6 Å². The van der Waals surface area contributed by atoms with E-state index < -0.39 is 43.2 Å². The molecule has 1 aromatic heterocycles. The van der Waals surface area contributed by atoms with Gasteiger partial charge in [0.25, 0.3) is 0 Å². The summed E-state index contributed by atoms with van der Waals surface area (Å²) in [4.78, 5) is 18.9. The monoisotopic (exact) mass is 610 g/mol. The summed E-state index contributed by atoms with van der Waals surface area (Å²) in [6, 6.07) is 12.0. The molecule has 0 radical (unpaired) electrons. The lowest BCUT2D eigenvalue weighted by atomic mass is 9.99. The molecule has 1 aliphatic rings. The fourth-order valence-corrected chi connectivity index (χ4v) is 4.66. The van der Waals surface area contributed by atoms with Crippen LogP contribution in [0.5, 0.6) is 5.75 Å². The lowest BCUT2D eigenvalue weighted by Gasteiger charge is -2.43. The van der Waals surface area contributed by atoms with Crippen LogP contribution in [-0.2, 0) is 28.4 Å². The zero-order valence-electron chi connectivity index (χ0n) is 24.2. The van der Waals surface area contributed by atoms with Gasteiger partial charge in [-0.25, -0.2) is 14.5 Å². The Hall–Kier alpha value is -3.76. The van der Waals surface area contributed by atoms with Crippen LogP contribution in [0.3, 0.4) is 0 Å². The van der Waals surface area contributed by atoms with E-state index in [9.17, 15) is 18.0 Å². The molecule has 12 nitrogen and oxygen atoms in total. The third-order valence-electron chi connectivity index (χ3n) is 6.59. The van der Waals surface area contributed by atoms with Crippen LogP contribution in [0, 0.1) is 0 Å². The first-order chi connectivity index (χ1) is 20.6. The van der Waals surface area contributed by atoms with Gasteiger partial charge in [-0.15, -0.1) is 18.3 Å². The van der Waals surface area contributed by atoms with Gasteiger partial charge in [-0.05, 0) is 62.4 Å². The number of halogens is 3. The third kappa shape index (κ3) is 7.80. The van der Waals surface area contributed by atoms with Crippen molar-refractivity contribution in [2.24, 2.45) is 0 Å². The Morgan fingerprint density at radius 2 is 1.67 bits per heavy atom. The molecular formula is C28H33F3N4O8. The van der Waals surface area contributed by atoms with Crippen LogP contribution in [0.2, 0.25) is 0 Å². The molecule has 1 fully saturated rings. The molecule has 234 valence electrons. The van der Waals surface area contributed by atoms with Crippen molar-refractivity contribution in [2.45, 2.75) is 50.9 Å². The molecule has 1 saturated heterocycles. The Morgan fingerprint density at radius 3 is 2.26 bits per heavy atom. The van der Waals surface area contributed by atoms with Crippen LogP contribution < -0.4 is 9.64 Å². The van der Waals surface area contributed by atoms with E-state index in [4.69, 9.17) is 28.4 Å². The zero-order valence-corrected chi connectivity index (χ0v) is 24.2. The van der Waals surface area contributed by atoms with E-state index in [-0.39, 0.29) is 12.5 Å². The second-order valence-corrected chi connectivity index (χ2v) is 9.36. The maximum absolute atomic E-state index is 13.3. The second kappa shape index (κ2) is 14.1. The number of carbonyl (C=O) groups is 1. The van der Waals surface area contributed by atoms with Crippen LogP contribution in [0.4, 0.5) is 23.7 Å². The van der Waals surface area contributed by atoms with Gasteiger partial charge in [-0.1, -0.05) is 0 Å². The van der Waals surface area contributed by atoms with E-state index in [1.54, 1.807) is 38.3 Å². The van der Waals surface area contributed by atoms with E-state index in [2.05, 4.69) is 14.8 Å². The van der Waals surface area contributed by atoms with Gasteiger partial charge in [0, 0.05) is 39.2 Å². The number of nitrogens with zero attached hydrogens (tertiary/aromatic N) is 4. The number of alkyl halides is 3. The number of benzene rings is 2. The minimum Gasteiger partial charge on any atom is -0.416 e. The summed E-state index contributed by atoms with van der Waals surface area (Å²) in [7, 11) is 4.47. The van der Waals surface area contributed by atoms with Gasteiger partial charge in [-0.3, -0.25) is 4.90 Å². The van der Waals surface area contributed by atoms with Crippen LogP contribution >= 0.6 is 0 Å². The minimum absolute atomic E-state index is 0.116. The summed E-state index contributed by atoms with van der Waals surface area (Å²) in [5.41, 5.74) is 1.57. The molecular weight excluding hydrogens is 577 g/mol. The SMILES string of the molecule is CCOC1C(OC)C(C)OC(OC(=O)N(COC)c2ccc(-c3ncn(-c4ccc(OC(F)(F)F)cc4)n3)cc2)C1OC. The summed E-state index contributed by atoms with van der Waals surface area (Å²) in [6.07, 6.45) is -7.31. The van der Waals surface area contributed by atoms with E-state index in [1.165, 1.54) is 54.4 Å². The highest BCUT2D eigenvalue weighted by molar-refractivity contribution is 5.87. The number of hydrogen-bond donors (Lipinski definition) is 0. The fraction of sp³-hybridized carbons (Fsp3) is 0.464. The van der Waals surface area contributed by atoms with Crippen molar-refractivity contribution >= 4 is 11.8 Å². The summed E-state index contributed by atoms with van der Waals surface area (Å²) >= 11 is 0. The highest BCUT2D eigenvalue weighted by atomic mass is 19.4. The molecule has 0 aliphatic carbocycles. The summed E-state index contributed by atoms with van der Waals surface area (Å²) in [6.45, 7) is 3.93. The first-order valence-electron chi connectivity index (χ1n) is 13.3. The standard InChI is InChI=1S/C28H33F3N4O8/c1-6-40-23-22(38-4)17(2)41-26(24(23)39-5)42-27(36)34(16-37-3)19-9-7-18(8-10-19)25-32-15-35(33-25)20-11-13-21(14-12-20)43-28(29,30)31/h7-15,17,22-24,26H,6,16H2,1-5H3. The molecule has 2 aromatic carbocycles. The molecule has 43 heavy (non-hydrogen) atoms. The Balaban J connectivity index is 1.47. The molecule has 5 unspecified atom stereocenters. The first kappa shape index (κ1) is 32.2. The Bertz CT molecular complexity index is 1320. The number of ether oxygens (including phenoxy) is 7.